The molecule has 2 aromatic carbocycles. The van der Waals surface area contributed by atoms with Crippen molar-refractivity contribution in [2.45, 2.75) is 128 Å². The monoisotopic (exact) mass is 1100 g/mol. The lowest BCUT2D eigenvalue weighted by molar-refractivity contribution is -0.172. The fraction of sp³-hybridized carbons (Fsp3) is 0.456. The van der Waals surface area contributed by atoms with E-state index in [0.29, 0.717) is 85.8 Å². The number of unbranched alkanes of at least 4 members (excludes halogenated alkanes) is 2. The lowest BCUT2D eigenvalue weighted by Crippen LogP contribution is -2.52. The predicted octanol–water partition coefficient (Wildman–Crippen LogP) is 1.84. The topological polar surface area (TPSA) is 303 Å². The molecular formula is C57H64FN9O13. The van der Waals surface area contributed by atoms with Gasteiger partial charge in [-0.1, -0.05) is 43.7 Å². The van der Waals surface area contributed by atoms with E-state index in [4.69, 9.17) is 14.5 Å². The number of carbonyl (C=O) groups excluding carboxylic acids is 9. The van der Waals surface area contributed by atoms with E-state index in [-0.39, 0.29) is 99.0 Å². The Balaban J connectivity index is 0.722. The van der Waals surface area contributed by atoms with E-state index in [1.165, 1.54) is 22.8 Å². The highest BCUT2D eigenvalue weighted by atomic mass is 19.1. The van der Waals surface area contributed by atoms with E-state index in [0.717, 1.165) is 27.0 Å². The Morgan fingerprint density at radius 3 is 2.27 bits per heavy atom. The molecule has 3 atom stereocenters. The number of pyridine rings is 2. The van der Waals surface area contributed by atoms with Crippen LogP contribution in [-0.2, 0) is 84.2 Å². The van der Waals surface area contributed by atoms with Gasteiger partial charge in [-0.2, -0.15) is 0 Å². The molecule has 7 N–H and O–H groups in total. The predicted molar refractivity (Wildman–Crippen MR) is 284 cm³/mol. The molecule has 23 heteroatoms. The average Bonchev–Trinajstić information content (AvgIpc) is 4.07. The molecule has 0 unspecified atom stereocenters. The number of aryl methyl sites for hydroxylation is 1. The lowest BCUT2D eigenvalue weighted by atomic mass is 9.81. The number of aliphatic hydroxyl groups is 1. The van der Waals surface area contributed by atoms with Gasteiger partial charge in [0, 0.05) is 60.0 Å². The standard InChI is InChI=1S/C57H64FN9O13/c1-3-57(78)38-23-43-52-36(28-67(43)55(76)37(38)29-79-56(57)77)51-40(18-17-35-31(2)39(58)24-41(64-52)50(35)51)65-53(74)33-13-15-34(16-14-33)80-30-62-46(70)26-61-54(75)42(22-32-10-6-4-7-11-32)63-47(71)27-60-45(69)25-59-44(68)12-8-5-9-21-66-48(72)19-20-49(66)73/h4,6-7,10-11,19-20,23-24,33-34,40,42,78H,3,5,8-9,12-18,21-22,25-30H2,1-2H3,(H,59,68)(H,60,69)(H,61,75)(H,62,70)(H,63,71)(H,65,74)/t33-,34-,40-,42-,57-/m0/s1. The van der Waals surface area contributed by atoms with Gasteiger partial charge in [-0.15, -0.1) is 0 Å². The van der Waals surface area contributed by atoms with Gasteiger partial charge in [0.15, 0.2) is 5.60 Å². The van der Waals surface area contributed by atoms with Crippen LogP contribution in [0.2, 0.25) is 0 Å². The second kappa shape index (κ2) is 24.5. The number of nitrogens with zero attached hydrogens (tertiary/aromatic N) is 3. The van der Waals surface area contributed by atoms with Gasteiger partial charge in [0.05, 0.1) is 60.8 Å². The molecule has 1 fully saturated rings. The van der Waals surface area contributed by atoms with E-state index < -0.39 is 71.7 Å². The zero-order valence-electron chi connectivity index (χ0n) is 44.5. The van der Waals surface area contributed by atoms with Gasteiger partial charge in [0.25, 0.3) is 17.4 Å². The van der Waals surface area contributed by atoms with Crippen molar-refractivity contribution in [2.75, 3.05) is 32.9 Å². The second-order valence-corrected chi connectivity index (χ2v) is 20.8. The number of halogens is 1. The van der Waals surface area contributed by atoms with Crippen LogP contribution in [0.4, 0.5) is 4.39 Å². The number of nitrogens with one attached hydrogen (secondary N) is 6. The Hall–Kier alpha value is -8.18. The number of rotatable bonds is 22. The fourth-order valence-electron chi connectivity index (χ4n) is 11.3. The largest absolute Gasteiger partial charge is 0.458 e. The number of esters is 1. The van der Waals surface area contributed by atoms with Crippen LogP contribution in [0.1, 0.15) is 116 Å². The SMILES string of the molecule is CC[C@@]1(O)C(=O)OCc2c1cc1n(c2=O)Cc2c-1nc1cc(F)c(C)c3c1c2[C@@H](NC(=O)[C@H]1CC[C@H](OCNC(=O)CNC(=O)[C@H](Cc2ccccc2)NC(=O)CNC(=O)CNC(=O)CCCCCN2C(=O)C=CC2=O)CC1)CC3. The molecule has 4 aromatic rings. The Morgan fingerprint density at radius 1 is 0.838 bits per heavy atom. The van der Waals surface area contributed by atoms with Crippen molar-refractivity contribution in [3.63, 3.8) is 0 Å². The van der Waals surface area contributed by atoms with Gasteiger partial charge in [-0.25, -0.2) is 14.2 Å². The fourth-order valence-corrected chi connectivity index (χ4v) is 11.3. The molecule has 22 nitrogen and oxygen atoms in total. The third-order valence-corrected chi connectivity index (χ3v) is 15.8. The number of cyclic esters (lactones) is 1. The first-order valence-corrected chi connectivity index (χ1v) is 27.1. The molecule has 1 saturated carbocycles. The summed E-state index contributed by atoms with van der Waals surface area (Å²) < 4.78 is 28.2. The minimum absolute atomic E-state index is 0.0245. The molecule has 0 radical (unpaired) electrons. The molecule has 80 heavy (non-hydrogen) atoms. The molecule has 5 aliphatic rings. The molecule has 9 rings (SSSR count). The van der Waals surface area contributed by atoms with Crippen LogP contribution in [0.3, 0.4) is 0 Å². The number of fused-ring (bicyclic) bond motifs is 5. The van der Waals surface area contributed by atoms with Crippen LogP contribution >= 0.6 is 0 Å². The zero-order chi connectivity index (χ0) is 56.8. The summed E-state index contributed by atoms with van der Waals surface area (Å²) in [5.41, 5.74) is 2.52. The van der Waals surface area contributed by atoms with Crippen molar-refractivity contribution in [3.05, 3.63) is 110 Å². The highest BCUT2D eigenvalue weighted by molar-refractivity contribution is 6.12. The number of benzene rings is 2. The van der Waals surface area contributed by atoms with Gasteiger partial charge in [0.2, 0.25) is 35.4 Å². The normalized spacial score (nSPS) is 20.0. The van der Waals surface area contributed by atoms with Crippen molar-refractivity contribution in [3.8, 4) is 11.4 Å². The van der Waals surface area contributed by atoms with E-state index in [1.54, 1.807) is 50.2 Å². The first-order chi connectivity index (χ1) is 38.4. The number of carbonyl (C=O) groups is 9. The molecular weight excluding hydrogens is 1040 g/mol. The average molecular weight is 1100 g/mol. The van der Waals surface area contributed by atoms with Gasteiger partial charge in [-0.3, -0.25) is 48.1 Å². The minimum atomic E-state index is -2.02. The van der Waals surface area contributed by atoms with E-state index in [9.17, 15) is 53.1 Å². The maximum absolute atomic E-state index is 15.5. The molecule has 8 amide bonds. The summed E-state index contributed by atoms with van der Waals surface area (Å²) in [6, 6.07) is 10.2. The van der Waals surface area contributed by atoms with Crippen molar-refractivity contribution in [1.29, 1.82) is 0 Å². The van der Waals surface area contributed by atoms with Crippen LogP contribution in [0.5, 0.6) is 0 Å². The van der Waals surface area contributed by atoms with E-state index in [2.05, 4.69) is 31.9 Å². The Labute approximate surface area is 459 Å². The van der Waals surface area contributed by atoms with Crippen molar-refractivity contribution >= 4 is 64.1 Å². The number of imide groups is 1. The molecule has 422 valence electrons. The summed E-state index contributed by atoms with van der Waals surface area (Å²) >= 11 is 0. The molecule has 5 heterocycles. The molecule has 3 aliphatic heterocycles. The number of ether oxygens (including phenoxy) is 2. The van der Waals surface area contributed by atoms with Crippen LogP contribution < -0.4 is 37.5 Å². The lowest BCUT2D eigenvalue weighted by Gasteiger charge is -2.32. The van der Waals surface area contributed by atoms with Gasteiger partial charge >= 0.3 is 5.97 Å². The summed E-state index contributed by atoms with van der Waals surface area (Å²) in [6.45, 7) is 1.95. The highest BCUT2D eigenvalue weighted by Crippen LogP contribution is 2.46. The third-order valence-electron chi connectivity index (χ3n) is 15.8. The number of amides is 8. The van der Waals surface area contributed by atoms with Crippen LogP contribution in [0.15, 0.2) is 59.4 Å². The molecule has 0 bridgehead atoms. The summed E-state index contributed by atoms with van der Waals surface area (Å²) in [7, 11) is 0. The van der Waals surface area contributed by atoms with E-state index >= 15 is 4.39 Å². The van der Waals surface area contributed by atoms with Crippen molar-refractivity contribution in [2.24, 2.45) is 5.92 Å². The molecule has 0 spiro atoms. The number of aromatic nitrogens is 2. The maximum atomic E-state index is 15.5. The summed E-state index contributed by atoms with van der Waals surface area (Å²) in [6.07, 6.45) is 6.90. The molecule has 2 aliphatic carbocycles. The second-order valence-electron chi connectivity index (χ2n) is 20.8. The van der Waals surface area contributed by atoms with Crippen molar-refractivity contribution in [1.82, 2.24) is 46.4 Å². The Morgan fingerprint density at radius 2 is 1.54 bits per heavy atom. The first kappa shape index (κ1) is 56.5. The maximum Gasteiger partial charge on any atom is 0.343 e. The van der Waals surface area contributed by atoms with Gasteiger partial charge < -0.3 is 51.0 Å². The first-order valence-electron chi connectivity index (χ1n) is 27.1. The Kier molecular flexibility index (Phi) is 17.3. The van der Waals surface area contributed by atoms with Crippen molar-refractivity contribution < 1.29 is 62.1 Å². The summed E-state index contributed by atoms with van der Waals surface area (Å²) in [5, 5.41) is 28.1. The van der Waals surface area contributed by atoms with Crippen LogP contribution in [-0.4, -0.2) is 118 Å². The quantitative estimate of drug-likeness (QED) is 0.0225. The smallest absolute Gasteiger partial charge is 0.343 e. The molecule has 0 saturated heterocycles. The van der Waals surface area contributed by atoms with Crippen LogP contribution in [0.25, 0.3) is 22.3 Å². The van der Waals surface area contributed by atoms with E-state index in [1.807, 2.05) is 0 Å². The van der Waals surface area contributed by atoms with Crippen LogP contribution in [0, 0.1) is 18.7 Å². The zero-order valence-corrected chi connectivity index (χ0v) is 44.5. The summed E-state index contributed by atoms with van der Waals surface area (Å²) in [4.78, 5) is 134. The minimum Gasteiger partial charge on any atom is -0.458 e. The number of hydrogen-bond donors (Lipinski definition) is 7. The van der Waals surface area contributed by atoms with Gasteiger partial charge in [0.1, 0.15) is 25.2 Å². The third kappa shape index (κ3) is 12.2. The Bertz CT molecular complexity index is 3250. The molecule has 2 aromatic heterocycles. The van der Waals surface area contributed by atoms with Gasteiger partial charge in [-0.05, 0) is 93.0 Å². The summed E-state index contributed by atoms with van der Waals surface area (Å²) in [5.74, 6) is -5.42. The number of hydrogen-bond acceptors (Lipinski definition) is 14. The highest BCUT2D eigenvalue weighted by Gasteiger charge is 2.46.